The number of carbonyl (C=O) groups excluding carboxylic acids is 1. The lowest BCUT2D eigenvalue weighted by Crippen LogP contribution is -2.15. The quantitative estimate of drug-likeness (QED) is 0.390. The van der Waals surface area contributed by atoms with Gasteiger partial charge in [0.25, 0.3) is 0 Å². The predicted octanol–water partition coefficient (Wildman–Crippen LogP) is 4.96. The van der Waals surface area contributed by atoms with Crippen molar-refractivity contribution in [2.75, 3.05) is 0 Å². The number of benzene rings is 2. The molecule has 2 aromatic heterocycles. The number of ether oxygens (including phenoxy) is 1. The van der Waals surface area contributed by atoms with Gasteiger partial charge in [0, 0.05) is 15.8 Å². The first-order valence-corrected chi connectivity index (χ1v) is 9.46. The number of hydrogen-bond acceptors (Lipinski definition) is 6. The molecule has 0 atom stereocenters. The van der Waals surface area contributed by atoms with Crippen LogP contribution in [-0.2, 0) is 0 Å². The Morgan fingerprint density at radius 1 is 1.03 bits per heavy atom. The number of aromatic nitrogens is 2. The molecular formula is C20H9BrClFN2O5. The molecule has 7 nitrogen and oxygen atoms in total. The molecule has 10 heteroatoms. The first kappa shape index (κ1) is 20.0. The molecule has 2 heterocycles. The van der Waals surface area contributed by atoms with Gasteiger partial charge in [-0.15, -0.1) is 0 Å². The van der Waals surface area contributed by atoms with E-state index in [1.54, 1.807) is 24.3 Å². The molecular weight excluding hydrogens is 483 g/mol. The Hall–Kier alpha value is -3.30. The zero-order valence-electron chi connectivity index (χ0n) is 14.7. The molecule has 0 radical (unpaired) electrons. The number of aromatic carboxylic acids is 1. The van der Waals surface area contributed by atoms with Crippen molar-refractivity contribution in [3.05, 3.63) is 69.2 Å². The number of carboxylic acid groups (broad SMARTS) is 1. The van der Waals surface area contributed by atoms with Crippen molar-refractivity contribution in [2.45, 2.75) is 0 Å². The minimum Gasteiger partial charge on any atom is -0.506 e. The second kappa shape index (κ2) is 7.51. The smallest absolute Gasteiger partial charge is 0.363 e. The summed E-state index contributed by atoms with van der Waals surface area (Å²) in [6.07, 6.45) is 0. The summed E-state index contributed by atoms with van der Waals surface area (Å²) < 4.78 is 20.0. The van der Waals surface area contributed by atoms with E-state index in [0.717, 1.165) is 0 Å². The van der Waals surface area contributed by atoms with Gasteiger partial charge < -0.3 is 14.9 Å². The molecule has 0 aliphatic heterocycles. The van der Waals surface area contributed by atoms with E-state index in [0.29, 0.717) is 10.9 Å². The number of carboxylic acids is 1. The van der Waals surface area contributed by atoms with Crippen LogP contribution in [0, 0.1) is 5.82 Å². The first-order chi connectivity index (χ1) is 14.3. The van der Waals surface area contributed by atoms with Crippen LogP contribution < -0.4 is 4.74 Å². The maximum absolute atomic E-state index is 14.8. The fourth-order valence-electron chi connectivity index (χ4n) is 2.87. The van der Waals surface area contributed by atoms with Gasteiger partial charge in [0.2, 0.25) is 0 Å². The summed E-state index contributed by atoms with van der Waals surface area (Å²) in [5.41, 5.74) is -0.914. The molecule has 0 saturated carbocycles. The molecule has 0 aliphatic carbocycles. The third kappa shape index (κ3) is 3.31. The van der Waals surface area contributed by atoms with Gasteiger partial charge in [-0.3, -0.25) is 0 Å². The second-order valence-electron chi connectivity index (χ2n) is 6.10. The summed E-state index contributed by atoms with van der Waals surface area (Å²) in [4.78, 5) is 32.1. The summed E-state index contributed by atoms with van der Waals surface area (Å²) in [7, 11) is 0. The highest BCUT2D eigenvalue weighted by Gasteiger charge is 2.26. The Balaban J connectivity index is 1.88. The number of para-hydroxylation sites is 1. The van der Waals surface area contributed by atoms with Gasteiger partial charge in [0.1, 0.15) is 5.75 Å². The van der Waals surface area contributed by atoms with Crippen molar-refractivity contribution in [2.24, 2.45) is 0 Å². The number of aromatic hydroxyl groups is 1. The minimum atomic E-state index is -1.64. The Bertz CT molecular complexity index is 1380. The van der Waals surface area contributed by atoms with Crippen LogP contribution in [0.2, 0.25) is 5.02 Å². The lowest BCUT2D eigenvalue weighted by Gasteiger charge is -2.12. The lowest BCUT2D eigenvalue weighted by molar-refractivity contribution is 0.0671. The average Bonchev–Trinajstić information content (AvgIpc) is 2.72. The molecule has 0 bridgehead atoms. The van der Waals surface area contributed by atoms with E-state index in [4.69, 9.17) is 16.3 Å². The summed E-state index contributed by atoms with van der Waals surface area (Å²) in [6.45, 7) is 0. The number of hydrogen-bond donors (Lipinski definition) is 2. The fourth-order valence-corrected chi connectivity index (χ4v) is 3.50. The molecule has 0 fully saturated rings. The van der Waals surface area contributed by atoms with Crippen molar-refractivity contribution in [1.82, 2.24) is 9.97 Å². The standard InChI is InChI=1S/C20H9BrClFN2O5/c21-13-15(24-11-4-2-1-3-9(11)17(13)26)20(29)30-18-10-6-5-8(22)7-12(10)25-16(14(18)23)19(27)28/h1-7H,(H,24,26)(H,27,28). The molecule has 2 N–H and O–H groups in total. The molecule has 4 rings (SSSR count). The first-order valence-electron chi connectivity index (χ1n) is 8.29. The van der Waals surface area contributed by atoms with Crippen molar-refractivity contribution in [1.29, 1.82) is 0 Å². The summed E-state index contributed by atoms with van der Waals surface area (Å²) >= 11 is 9.00. The average molecular weight is 492 g/mol. The molecule has 150 valence electrons. The van der Waals surface area contributed by atoms with Crippen LogP contribution in [0.5, 0.6) is 11.5 Å². The van der Waals surface area contributed by atoms with E-state index < -0.39 is 29.2 Å². The number of esters is 1. The number of halogens is 3. The van der Waals surface area contributed by atoms with Gasteiger partial charge in [-0.2, -0.15) is 0 Å². The van der Waals surface area contributed by atoms with E-state index in [-0.39, 0.29) is 31.8 Å². The molecule has 0 saturated heterocycles. The van der Waals surface area contributed by atoms with E-state index >= 15 is 0 Å². The fraction of sp³-hybridized carbons (Fsp3) is 0. The zero-order valence-corrected chi connectivity index (χ0v) is 17.0. The molecule has 4 aromatic rings. The van der Waals surface area contributed by atoms with Crippen LogP contribution in [0.4, 0.5) is 4.39 Å². The molecule has 0 unspecified atom stereocenters. The van der Waals surface area contributed by atoms with Crippen molar-refractivity contribution < 1.29 is 28.9 Å². The number of pyridine rings is 2. The van der Waals surface area contributed by atoms with E-state index in [1.165, 1.54) is 18.2 Å². The largest absolute Gasteiger partial charge is 0.506 e. The number of fused-ring (bicyclic) bond motifs is 2. The Morgan fingerprint density at radius 2 is 1.73 bits per heavy atom. The van der Waals surface area contributed by atoms with E-state index in [2.05, 4.69) is 25.9 Å². The summed E-state index contributed by atoms with van der Waals surface area (Å²) in [5.74, 6) is -4.97. The lowest BCUT2D eigenvalue weighted by atomic mass is 10.1. The Morgan fingerprint density at radius 3 is 2.47 bits per heavy atom. The third-order valence-corrected chi connectivity index (χ3v) is 5.23. The molecule has 0 aliphatic rings. The maximum Gasteiger partial charge on any atom is 0.363 e. The second-order valence-corrected chi connectivity index (χ2v) is 7.33. The highest BCUT2D eigenvalue weighted by atomic mass is 79.9. The monoisotopic (exact) mass is 490 g/mol. The van der Waals surface area contributed by atoms with Gasteiger partial charge in [-0.05, 0) is 46.3 Å². The molecule has 2 aromatic carbocycles. The normalized spacial score (nSPS) is 11.0. The third-order valence-electron chi connectivity index (χ3n) is 4.24. The van der Waals surface area contributed by atoms with Crippen LogP contribution in [0.1, 0.15) is 21.0 Å². The highest BCUT2D eigenvalue weighted by Crippen LogP contribution is 2.36. The Labute approximate surface area is 180 Å². The van der Waals surface area contributed by atoms with Crippen LogP contribution in [0.15, 0.2) is 46.9 Å². The number of nitrogens with zero attached hydrogens (tertiary/aromatic N) is 2. The SMILES string of the molecule is O=C(O)c1nc2cc(Cl)ccc2c(OC(=O)c2nc3ccccc3c(O)c2Br)c1F. The molecule has 0 spiro atoms. The molecule has 0 amide bonds. The maximum atomic E-state index is 14.8. The van der Waals surface area contributed by atoms with Gasteiger partial charge in [0.05, 0.1) is 15.5 Å². The van der Waals surface area contributed by atoms with Gasteiger partial charge in [0.15, 0.2) is 23.0 Å². The number of rotatable bonds is 3. The minimum absolute atomic E-state index is 0.0254. The van der Waals surface area contributed by atoms with Gasteiger partial charge >= 0.3 is 11.9 Å². The van der Waals surface area contributed by atoms with E-state index in [1.807, 2.05) is 0 Å². The van der Waals surface area contributed by atoms with E-state index in [9.17, 15) is 24.2 Å². The van der Waals surface area contributed by atoms with Gasteiger partial charge in [-0.25, -0.2) is 23.9 Å². The van der Waals surface area contributed by atoms with Crippen molar-refractivity contribution >= 4 is 61.3 Å². The van der Waals surface area contributed by atoms with Crippen molar-refractivity contribution in [3.8, 4) is 11.5 Å². The van der Waals surface area contributed by atoms with Crippen molar-refractivity contribution in [3.63, 3.8) is 0 Å². The van der Waals surface area contributed by atoms with Crippen LogP contribution in [0.25, 0.3) is 21.8 Å². The summed E-state index contributed by atoms with van der Waals surface area (Å²) in [5, 5.41) is 20.3. The van der Waals surface area contributed by atoms with Crippen LogP contribution in [0.3, 0.4) is 0 Å². The van der Waals surface area contributed by atoms with Crippen LogP contribution in [-0.4, -0.2) is 32.1 Å². The Kier molecular flexibility index (Phi) is 5.00. The van der Waals surface area contributed by atoms with Crippen LogP contribution >= 0.6 is 27.5 Å². The summed E-state index contributed by atoms with van der Waals surface area (Å²) in [6, 6.07) is 10.6. The zero-order chi connectivity index (χ0) is 21.6. The van der Waals surface area contributed by atoms with Gasteiger partial charge in [-0.1, -0.05) is 23.7 Å². The molecule has 30 heavy (non-hydrogen) atoms. The topological polar surface area (TPSA) is 110 Å². The highest BCUT2D eigenvalue weighted by molar-refractivity contribution is 9.10. The number of carbonyl (C=O) groups is 2. The predicted molar refractivity (Wildman–Crippen MR) is 110 cm³/mol.